The van der Waals surface area contributed by atoms with Gasteiger partial charge in [0.2, 0.25) is 0 Å². The highest BCUT2D eigenvalue weighted by Gasteiger charge is 2.33. The molecule has 2 aromatic rings. The van der Waals surface area contributed by atoms with Crippen molar-refractivity contribution in [3.63, 3.8) is 0 Å². The maximum Gasteiger partial charge on any atom is 0.300 e. The Labute approximate surface area is 267 Å². The number of nitrogens with zero attached hydrogens (tertiary/aromatic N) is 2. The maximum atomic E-state index is 13.9. The molecular weight excluding hydrogens is 634 g/mol. The minimum Gasteiger partial charge on any atom is -0.453 e. The Bertz CT molecular complexity index is 2100. The van der Waals surface area contributed by atoms with E-state index in [9.17, 15) is 35.5 Å². The number of hydrogen-bond donors (Lipinski definition) is 3. The molecule has 244 valence electrons. The van der Waals surface area contributed by atoms with E-state index < -0.39 is 41.4 Å². The Balaban J connectivity index is 1.82. The Morgan fingerprint density at radius 3 is 2.28 bits per heavy atom. The first-order valence-electron chi connectivity index (χ1n) is 14.9. The summed E-state index contributed by atoms with van der Waals surface area (Å²) in [7, 11) is -8.35. The van der Waals surface area contributed by atoms with Crippen LogP contribution in [0.15, 0.2) is 67.7 Å². The van der Waals surface area contributed by atoms with E-state index in [2.05, 4.69) is 10.3 Å². The fourth-order valence-corrected chi connectivity index (χ4v) is 7.26. The van der Waals surface area contributed by atoms with E-state index in [1.165, 1.54) is 23.1 Å². The quantitative estimate of drug-likeness (QED) is 0.139. The number of hydrogen-bond acceptors (Lipinski definition) is 9. The van der Waals surface area contributed by atoms with Crippen LogP contribution in [0.1, 0.15) is 49.9 Å². The van der Waals surface area contributed by atoms with Crippen LogP contribution < -0.4 is 10.7 Å². The summed E-state index contributed by atoms with van der Waals surface area (Å²) in [5, 5.41) is 2.91. The van der Waals surface area contributed by atoms with E-state index in [1.807, 2.05) is 0 Å². The van der Waals surface area contributed by atoms with Crippen molar-refractivity contribution in [1.82, 2.24) is 4.90 Å². The molecule has 0 saturated heterocycles. The number of rotatable bonds is 12. The normalized spacial score (nSPS) is 14.2. The predicted molar refractivity (Wildman–Crippen MR) is 172 cm³/mol. The number of carbonyl (C=O) groups excluding carboxylic acids is 2. The topological polar surface area (TPSA) is 184 Å². The van der Waals surface area contributed by atoms with Crippen molar-refractivity contribution < 1.29 is 39.9 Å². The zero-order chi connectivity index (χ0) is 33.4. The summed E-state index contributed by atoms with van der Waals surface area (Å²) in [4.78, 5) is 30.4. The molecule has 46 heavy (non-hydrogen) atoms. The lowest BCUT2D eigenvalue weighted by molar-refractivity contribution is -0.120. The first kappa shape index (κ1) is 33.3. The van der Waals surface area contributed by atoms with Gasteiger partial charge in [0.1, 0.15) is 5.78 Å². The van der Waals surface area contributed by atoms with Crippen molar-refractivity contribution in [1.29, 1.82) is 0 Å². The van der Waals surface area contributed by atoms with Gasteiger partial charge in [0.25, 0.3) is 26.1 Å². The van der Waals surface area contributed by atoms with Crippen molar-refractivity contribution in [2.24, 2.45) is 10.9 Å². The molecule has 0 unspecified atom stereocenters. The van der Waals surface area contributed by atoms with Crippen LogP contribution >= 0.6 is 0 Å². The predicted octanol–water partition coefficient (Wildman–Crippen LogP) is 4.88. The number of Topliss-reactive ketones (excluding diaryl/α,β-unsaturated/α-hetero) is 1. The molecule has 0 bridgehead atoms. The Morgan fingerprint density at radius 2 is 1.65 bits per heavy atom. The van der Waals surface area contributed by atoms with Gasteiger partial charge in [-0.05, 0) is 69.0 Å². The standard InChI is InChI=1S/C32H35N3O9S2/c1-4-33-24-16-14-22-27(20-9-6-7-10-21(20)32(37)35(3)18-8-11-26(36)19-12-13-19)23-15-17-25(34-5-2)31(46(41,42)43)29(23)44-28(22)30(24)45(38,39)40/h6-7,9-10,14-17,19,33H,4-5,8,11-13,18H2,1-3H3,(H,38,39,40)(H,41,42,43)/b34-25+. The van der Waals surface area contributed by atoms with Gasteiger partial charge in [-0.2, -0.15) is 16.8 Å². The van der Waals surface area contributed by atoms with Gasteiger partial charge < -0.3 is 14.6 Å². The minimum absolute atomic E-state index is 0.000745. The van der Waals surface area contributed by atoms with Gasteiger partial charge in [-0.3, -0.25) is 23.7 Å². The molecule has 0 radical (unpaired) electrons. The third-order valence-electron chi connectivity index (χ3n) is 7.88. The highest BCUT2D eigenvalue weighted by atomic mass is 32.2. The third-order valence-corrected chi connectivity index (χ3v) is 9.71. The van der Waals surface area contributed by atoms with Crippen molar-refractivity contribution >= 4 is 48.6 Å². The molecule has 1 amide bonds. The van der Waals surface area contributed by atoms with Crippen molar-refractivity contribution in [3.05, 3.63) is 59.5 Å². The second-order valence-electron chi connectivity index (χ2n) is 11.2. The first-order chi connectivity index (χ1) is 21.8. The number of carbonyl (C=O) groups is 2. The van der Waals surface area contributed by atoms with Crippen LogP contribution in [0.5, 0.6) is 0 Å². The summed E-state index contributed by atoms with van der Waals surface area (Å²) >= 11 is 0. The van der Waals surface area contributed by atoms with Crippen molar-refractivity contribution in [3.8, 4) is 22.5 Å². The summed E-state index contributed by atoms with van der Waals surface area (Å²) in [5.41, 5.74) is 0.518. The van der Waals surface area contributed by atoms with Crippen molar-refractivity contribution in [2.45, 2.75) is 49.3 Å². The van der Waals surface area contributed by atoms with Crippen molar-refractivity contribution in [2.75, 3.05) is 32.0 Å². The van der Waals surface area contributed by atoms with Gasteiger partial charge in [-0.1, -0.05) is 18.2 Å². The molecule has 2 aliphatic carbocycles. The van der Waals surface area contributed by atoms with E-state index in [-0.39, 0.29) is 63.8 Å². The molecule has 1 fully saturated rings. The number of fused-ring (bicyclic) bond motifs is 2. The summed E-state index contributed by atoms with van der Waals surface area (Å²) < 4.78 is 78.0. The summed E-state index contributed by atoms with van der Waals surface area (Å²) in [6, 6.07) is 12.5. The van der Waals surface area contributed by atoms with E-state index in [0.29, 0.717) is 24.9 Å². The molecule has 3 aliphatic rings. The Hall–Kier alpha value is -4.11. The zero-order valence-electron chi connectivity index (χ0n) is 25.6. The third kappa shape index (κ3) is 6.56. The van der Waals surface area contributed by atoms with Gasteiger partial charge in [-0.25, -0.2) is 0 Å². The molecule has 1 heterocycles. The highest BCUT2D eigenvalue weighted by molar-refractivity contribution is 7.86. The molecule has 0 aromatic heterocycles. The number of anilines is 1. The molecule has 2 aromatic carbocycles. The second-order valence-corrected chi connectivity index (χ2v) is 13.9. The largest absolute Gasteiger partial charge is 0.453 e. The minimum atomic E-state index is -5.00. The second kappa shape index (κ2) is 12.9. The summed E-state index contributed by atoms with van der Waals surface area (Å²) in [6.45, 7) is 4.13. The van der Waals surface area contributed by atoms with Gasteiger partial charge >= 0.3 is 0 Å². The van der Waals surface area contributed by atoms with E-state index in [1.54, 1.807) is 51.2 Å². The maximum absolute atomic E-state index is 13.9. The SMILES string of the molecule is CC/N=c1\ccc2c(-c3ccccc3C(=O)N(C)CCCC(=O)C3CC3)c3ccc(NCC)c(S(=O)(=O)O)c3oc-2c1S(=O)(=O)O. The lowest BCUT2D eigenvalue weighted by Gasteiger charge is -2.23. The van der Waals surface area contributed by atoms with E-state index in [4.69, 9.17) is 4.42 Å². The van der Waals surface area contributed by atoms with Gasteiger partial charge in [0, 0.05) is 61.1 Å². The first-order valence-corrected chi connectivity index (χ1v) is 17.8. The van der Waals surface area contributed by atoms with Crippen LogP contribution in [0.4, 0.5) is 5.69 Å². The number of nitrogens with one attached hydrogen (secondary N) is 1. The van der Waals surface area contributed by atoms with Crippen LogP contribution in [0.3, 0.4) is 0 Å². The fraction of sp³-hybridized carbons (Fsp3) is 0.344. The number of amides is 1. The van der Waals surface area contributed by atoms with E-state index in [0.717, 1.165) is 12.8 Å². The van der Waals surface area contributed by atoms with Crippen LogP contribution in [0.25, 0.3) is 33.4 Å². The average molecular weight is 670 g/mol. The summed E-state index contributed by atoms with van der Waals surface area (Å²) in [5.74, 6) is -0.468. The Morgan fingerprint density at radius 1 is 0.957 bits per heavy atom. The van der Waals surface area contributed by atoms with Gasteiger partial charge in [-0.15, -0.1) is 0 Å². The zero-order valence-corrected chi connectivity index (χ0v) is 27.2. The average Bonchev–Trinajstić information content (AvgIpc) is 3.84. The van der Waals surface area contributed by atoms with E-state index >= 15 is 0 Å². The fourth-order valence-electron chi connectivity index (χ4n) is 5.67. The lowest BCUT2D eigenvalue weighted by atomic mass is 9.90. The highest BCUT2D eigenvalue weighted by Crippen LogP contribution is 2.46. The van der Waals surface area contributed by atoms with Gasteiger partial charge in [0.05, 0.1) is 11.0 Å². The molecule has 14 heteroatoms. The monoisotopic (exact) mass is 669 g/mol. The summed E-state index contributed by atoms with van der Waals surface area (Å²) in [6.07, 6.45) is 2.68. The molecule has 1 aliphatic heterocycles. The number of ketones is 1. The van der Waals surface area contributed by atoms with Gasteiger partial charge in [0.15, 0.2) is 21.1 Å². The molecule has 1 saturated carbocycles. The Kier molecular flexibility index (Phi) is 9.36. The van der Waals surface area contributed by atoms with Crippen LogP contribution in [-0.2, 0) is 25.0 Å². The molecule has 0 atom stereocenters. The van der Waals surface area contributed by atoms with Crippen LogP contribution in [0, 0.1) is 5.92 Å². The smallest absolute Gasteiger partial charge is 0.300 e. The number of benzene rings is 3. The van der Waals surface area contributed by atoms with Crippen LogP contribution in [0.2, 0.25) is 0 Å². The molecule has 0 spiro atoms. The molecule has 5 rings (SSSR count). The van der Waals surface area contributed by atoms with Crippen LogP contribution in [-0.4, -0.2) is 69.2 Å². The molecule has 12 nitrogen and oxygen atoms in total. The molecular formula is C32H35N3O9S2. The molecule has 3 N–H and O–H groups in total. The lowest BCUT2D eigenvalue weighted by Crippen LogP contribution is -2.28.